The lowest BCUT2D eigenvalue weighted by Gasteiger charge is -2.12. The highest BCUT2D eigenvalue weighted by Gasteiger charge is 2.19. The molecule has 1 aliphatic carbocycles. The highest BCUT2D eigenvalue weighted by Crippen LogP contribution is 2.31. The molecule has 16 heavy (non-hydrogen) atoms. The van der Waals surface area contributed by atoms with Crippen LogP contribution in [0.2, 0.25) is 0 Å². The summed E-state index contributed by atoms with van der Waals surface area (Å²) in [6.07, 6.45) is 3.16. The van der Waals surface area contributed by atoms with E-state index in [-0.39, 0.29) is 11.7 Å². The summed E-state index contributed by atoms with van der Waals surface area (Å²) < 4.78 is 0.754. The zero-order valence-corrected chi connectivity index (χ0v) is 9.65. The molecule has 5 heteroatoms. The van der Waals surface area contributed by atoms with Crippen LogP contribution in [0.3, 0.4) is 0 Å². The van der Waals surface area contributed by atoms with Gasteiger partial charge in [-0.3, -0.25) is 4.79 Å². The molecule has 0 radical (unpaired) electrons. The van der Waals surface area contributed by atoms with Gasteiger partial charge in [0, 0.05) is 15.4 Å². The first kappa shape index (κ1) is 9.47. The van der Waals surface area contributed by atoms with Gasteiger partial charge in [-0.15, -0.1) is 0 Å². The number of hydrogen-bond acceptors (Lipinski definition) is 4. The number of allylic oxidation sites excluding steroid dienone is 1. The number of anilines is 1. The van der Waals surface area contributed by atoms with E-state index in [1.165, 1.54) is 6.08 Å². The van der Waals surface area contributed by atoms with E-state index < -0.39 is 0 Å². The van der Waals surface area contributed by atoms with Crippen molar-refractivity contribution < 1.29 is 4.79 Å². The van der Waals surface area contributed by atoms with Crippen molar-refractivity contribution in [2.24, 2.45) is 0 Å². The number of benzene rings is 1. The Kier molecular flexibility index (Phi) is 1.85. The number of carbonyl (C=O) groups excluding carboxylic acids is 1. The monoisotopic (exact) mass is 275 g/mol. The number of nitrogen functional groups attached to an aromatic ring is 1. The molecule has 4 nitrogen and oxygen atoms in total. The standard InChI is InChI=1S/C11H6BrN3O/c12-5-1-2-6-10-7(15-11(13)14-6)3-4-8(16)9(5)10/h1-4H,(H2,13,14,15). The van der Waals surface area contributed by atoms with Crippen molar-refractivity contribution in [2.75, 3.05) is 5.73 Å². The predicted molar refractivity (Wildman–Crippen MR) is 65.0 cm³/mol. The van der Waals surface area contributed by atoms with E-state index >= 15 is 0 Å². The third kappa shape index (κ3) is 1.18. The van der Waals surface area contributed by atoms with Gasteiger partial charge in [-0.2, -0.15) is 0 Å². The van der Waals surface area contributed by atoms with E-state index in [1.807, 2.05) is 6.07 Å². The minimum Gasteiger partial charge on any atom is -0.368 e. The van der Waals surface area contributed by atoms with Crippen LogP contribution < -0.4 is 5.73 Å². The molecule has 0 bridgehead atoms. The van der Waals surface area contributed by atoms with Gasteiger partial charge in [0.1, 0.15) is 0 Å². The summed E-state index contributed by atoms with van der Waals surface area (Å²) in [5.41, 5.74) is 7.59. The molecule has 2 aromatic rings. The highest BCUT2D eigenvalue weighted by atomic mass is 79.9. The fourth-order valence-corrected chi connectivity index (χ4v) is 2.37. The third-order valence-electron chi connectivity index (χ3n) is 2.50. The van der Waals surface area contributed by atoms with Crippen LogP contribution in [0.5, 0.6) is 0 Å². The van der Waals surface area contributed by atoms with E-state index in [4.69, 9.17) is 5.73 Å². The number of carbonyl (C=O) groups is 1. The number of halogens is 1. The Bertz CT molecular complexity index is 664. The maximum absolute atomic E-state index is 11.8. The first-order chi connectivity index (χ1) is 7.66. The smallest absolute Gasteiger partial charge is 0.221 e. The number of nitrogens with zero attached hydrogens (tertiary/aromatic N) is 2. The van der Waals surface area contributed by atoms with E-state index in [0.717, 1.165) is 9.86 Å². The number of hydrogen-bond donors (Lipinski definition) is 1. The van der Waals surface area contributed by atoms with Crippen molar-refractivity contribution in [1.82, 2.24) is 9.97 Å². The third-order valence-corrected chi connectivity index (χ3v) is 3.16. The van der Waals surface area contributed by atoms with Crippen molar-refractivity contribution >= 4 is 44.6 Å². The summed E-state index contributed by atoms with van der Waals surface area (Å²) >= 11 is 3.36. The van der Waals surface area contributed by atoms with E-state index in [9.17, 15) is 4.79 Å². The van der Waals surface area contributed by atoms with Crippen molar-refractivity contribution in [3.8, 4) is 0 Å². The minimum absolute atomic E-state index is 0.0432. The molecule has 0 fully saturated rings. The van der Waals surface area contributed by atoms with Crippen LogP contribution in [0.25, 0.3) is 17.0 Å². The summed E-state index contributed by atoms with van der Waals surface area (Å²) in [5.74, 6) is 0.174. The van der Waals surface area contributed by atoms with Crippen LogP contribution in [0.4, 0.5) is 5.95 Å². The van der Waals surface area contributed by atoms with Crippen LogP contribution in [0, 0.1) is 0 Å². The average Bonchev–Trinajstić information content (AvgIpc) is 2.25. The summed E-state index contributed by atoms with van der Waals surface area (Å²) in [6, 6.07) is 3.61. The quantitative estimate of drug-likeness (QED) is 0.800. The van der Waals surface area contributed by atoms with Gasteiger partial charge in [-0.25, -0.2) is 9.97 Å². The number of nitrogens with two attached hydrogens (primary N) is 1. The van der Waals surface area contributed by atoms with Gasteiger partial charge in [-0.1, -0.05) is 15.9 Å². The molecule has 0 spiro atoms. The van der Waals surface area contributed by atoms with Crippen molar-refractivity contribution in [3.63, 3.8) is 0 Å². The fraction of sp³-hybridized carbons (Fsp3) is 0. The Morgan fingerprint density at radius 1 is 1.19 bits per heavy atom. The van der Waals surface area contributed by atoms with E-state index in [1.54, 1.807) is 12.1 Å². The second-order valence-electron chi connectivity index (χ2n) is 3.48. The molecular weight excluding hydrogens is 270 g/mol. The maximum Gasteiger partial charge on any atom is 0.221 e. The maximum atomic E-state index is 11.8. The zero-order valence-electron chi connectivity index (χ0n) is 8.07. The van der Waals surface area contributed by atoms with Crippen molar-refractivity contribution in [2.45, 2.75) is 0 Å². The molecule has 0 amide bonds. The van der Waals surface area contributed by atoms with Gasteiger partial charge in [0.25, 0.3) is 0 Å². The second-order valence-corrected chi connectivity index (χ2v) is 4.34. The Morgan fingerprint density at radius 2 is 2.00 bits per heavy atom. The molecule has 1 aromatic heterocycles. The summed E-state index contributed by atoms with van der Waals surface area (Å²) in [6.45, 7) is 0. The van der Waals surface area contributed by atoms with Crippen LogP contribution >= 0.6 is 15.9 Å². The van der Waals surface area contributed by atoms with Crippen LogP contribution in [-0.2, 0) is 0 Å². The van der Waals surface area contributed by atoms with Crippen LogP contribution in [0.1, 0.15) is 16.1 Å². The average molecular weight is 276 g/mol. The molecule has 0 atom stereocenters. The SMILES string of the molecule is Nc1nc2c3c(c(Br)ccc3n1)C(=O)C=C2. The van der Waals surface area contributed by atoms with Gasteiger partial charge in [-0.05, 0) is 24.3 Å². The minimum atomic E-state index is -0.0432. The molecule has 0 saturated carbocycles. The molecule has 1 aromatic carbocycles. The van der Waals surface area contributed by atoms with Crippen LogP contribution in [0.15, 0.2) is 22.7 Å². The molecule has 2 N–H and O–H groups in total. The molecule has 78 valence electrons. The molecule has 0 saturated heterocycles. The highest BCUT2D eigenvalue weighted by molar-refractivity contribution is 9.10. The Morgan fingerprint density at radius 3 is 2.81 bits per heavy atom. The fourth-order valence-electron chi connectivity index (χ4n) is 1.85. The van der Waals surface area contributed by atoms with Gasteiger partial charge in [0.05, 0.1) is 11.2 Å². The summed E-state index contributed by atoms with van der Waals surface area (Å²) in [5, 5.41) is 0.760. The lowest BCUT2D eigenvalue weighted by atomic mass is 9.98. The van der Waals surface area contributed by atoms with E-state index in [0.29, 0.717) is 16.8 Å². The number of ketones is 1. The van der Waals surface area contributed by atoms with Crippen LogP contribution in [-0.4, -0.2) is 15.8 Å². The number of aromatic nitrogens is 2. The molecule has 1 aliphatic rings. The molecule has 0 aliphatic heterocycles. The first-order valence-corrected chi connectivity index (χ1v) is 5.44. The summed E-state index contributed by atoms with van der Waals surface area (Å²) in [4.78, 5) is 20.0. The van der Waals surface area contributed by atoms with Gasteiger partial charge >= 0.3 is 0 Å². The van der Waals surface area contributed by atoms with Gasteiger partial charge in [0.15, 0.2) is 5.78 Å². The molecule has 0 unspecified atom stereocenters. The van der Waals surface area contributed by atoms with Gasteiger partial charge in [0.2, 0.25) is 5.95 Å². The topological polar surface area (TPSA) is 68.9 Å². The number of rotatable bonds is 0. The zero-order chi connectivity index (χ0) is 11.3. The van der Waals surface area contributed by atoms with E-state index in [2.05, 4.69) is 25.9 Å². The first-order valence-electron chi connectivity index (χ1n) is 4.65. The Balaban J connectivity index is 2.58. The Hall–Kier alpha value is -1.75. The molecule has 3 rings (SSSR count). The molecule has 1 heterocycles. The lowest BCUT2D eigenvalue weighted by Crippen LogP contribution is -2.07. The second kappa shape index (κ2) is 3.12. The Labute approximate surface area is 99.3 Å². The largest absolute Gasteiger partial charge is 0.368 e. The summed E-state index contributed by atoms with van der Waals surface area (Å²) in [7, 11) is 0. The lowest BCUT2D eigenvalue weighted by molar-refractivity contribution is 0.104. The van der Waals surface area contributed by atoms with Gasteiger partial charge < -0.3 is 5.73 Å². The normalized spacial score (nSPS) is 13.4. The van der Waals surface area contributed by atoms with Crippen molar-refractivity contribution in [1.29, 1.82) is 0 Å². The molecular formula is C11H6BrN3O. The van der Waals surface area contributed by atoms with Crippen molar-refractivity contribution in [3.05, 3.63) is 33.9 Å². The predicted octanol–water partition coefficient (Wildman–Crippen LogP) is 2.18.